The second-order valence-corrected chi connectivity index (χ2v) is 29.6. The number of aliphatic hydroxyl groups excluding tert-OH is 1. The number of hydrogen-bond acceptors (Lipinski definition) is 15. The Hall–Kier alpha value is -1.94. The second-order valence-electron chi connectivity index (χ2n) is 26.7. The first-order chi connectivity index (χ1) is 45.2. The van der Waals surface area contributed by atoms with E-state index in [4.69, 9.17) is 37.0 Å². The molecule has 0 spiro atoms. The molecule has 19 heteroatoms. The van der Waals surface area contributed by atoms with E-state index in [1.807, 2.05) is 0 Å². The van der Waals surface area contributed by atoms with Crippen LogP contribution in [0.15, 0.2) is 0 Å². The second kappa shape index (κ2) is 68.6. The van der Waals surface area contributed by atoms with Crippen LogP contribution >= 0.6 is 15.6 Å². The van der Waals surface area contributed by atoms with Crippen molar-refractivity contribution >= 4 is 39.5 Å². The Morgan fingerprint density at radius 2 is 0.430 bits per heavy atom. The average molecular weight is 1370 g/mol. The maximum absolute atomic E-state index is 13.1. The Bertz CT molecular complexity index is 1770. The van der Waals surface area contributed by atoms with E-state index in [1.165, 1.54) is 225 Å². The third kappa shape index (κ3) is 68.4. The van der Waals surface area contributed by atoms with Gasteiger partial charge in [-0.25, -0.2) is 9.13 Å². The van der Waals surface area contributed by atoms with Gasteiger partial charge in [-0.1, -0.05) is 342 Å². The van der Waals surface area contributed by atoms with Gasteiger partial charge in [-0.3, -0.25) is 37.3 Å². The van der Waals surface area contributed by atoms with Gasteiger partial charge in [0, 0.05) is 25.7 Å². The molecule has 2 unspecified atom stereocenters. The summed E-state index contributed by atoms with van der Waals surface area (Å²) >= 11 is 0. The first kappa shape index (κ1) is 91.1. The van der Waals surface area contributed by atoms with Gasteiger partial charge in [0.25, 0.3) is 0 Å². The van der Waals surface area contributed by atoms with E-state index in [9.17, 15) is 43.2 Å². The summed E-state index contributed by atoms with van der Waals surface area (Å²) in [5.74, 6) is -2.12. The van der Waals surface area contributed by atoms with Crippen LogP contribution in [0.5, 0.6) is 0 Å². The molecule has 0 saturated carbocycles. The highest BCUT2D eigenvalue weighted by molar-refractivity contribution is 7.47. The number of phosphoric acid groups is 2. The van der Waals surface area contributed by atoms with Crippen molar-refractivity contribution in [2.24, 2.45) is 0 Å². The lowest BCUT2D eigenvalue weighted by molar-refractivity contribution is -0.161. The molecule has 0 saturated heterocycles. The van der Waals surface area contributed by atoms with Crippen molar-refractivity contribution in [2.45, 2.75) is 412 Å². The third-order valence-corrected chi connectivity index (χ3v) is 19.3. The normalized spacial score (nSPS) is 13.9. The maximum Gasteiger partial charge on any atom is 0.472 e. The fourth-order valence-electron chi connectivity index (χ4n) is 11.4. The molecular weight excluding hydrogens is 1220 g/mol. The first-order valence-corrected chi connectivity index (χ1v) is 41.8. The zero-order valence-electron chi connectivity index (χ0n) is 60.2. The van der Waals surface area contributed by atoms with Crippen molar-refractivity contribution < 1.29 is 80.2 Å². The SMILES string of the molecule is CCCCCCCCCCCCCCCCCCCCCC(=O)O[C@H](COC(=O)CCCCCCCCCCCCCCCCCC)COP(=O)(O)OC[C@@H](O)COP(=O)(O)OC[C@@H](COC(=O)CCCCCCCCCCC)OC(=O)CCCCCCCCCCC. The van der Waals surface area contributed by atoms with Crippen molar-refractivity contribution in [1.29, 1.82) is 0 Å². The summed E-state index contributed by atoms with van der Waals surface area (Å²) in [4.78, 5) is 72.6. The summed E-state index contributed by atoms with van der Waals surface area (Å²) in [6.07, 6.45) is 58.3. The monoisotopic (exact) mass is 1370 g/mol. The molecule has 552 valence electrons. The van der Waals surface area contributed by atoms with E-state index in [-0.39, 0.29) is 25.7 Å². The van der Waals surface area contributed by atoms with Crippen LogP contribution in [0.25, 0.3) is 0 Å². The number of ether oxygens (including phenoxy) is 4. The van der Waals surface area contributed by atoms with E-state index < -0.39 is 97.5 Å². The molecule has 0 rings (SSSR count). The van der Waals surface area contributed by atoms with Crippen LogP contribution in [0.2, 0.25) is 0 Å². The topological polar surface area (TPSA) is 237 Å². The number of phosphoric ester groups is 2. The summed E-state index contributed by atoms with van der Waals surface area (Å²) < 4.78 is 68.3. The van der Waals surface area contributed by atoms with E-state index in [2.05, 4.69) is 27.7 Å². The molecule has 0 aliphatic rings. The van der Waals surface area contributed by atoms with E-state index in [1.54, 1.807) is 0 Å². The Morgan fingerprint density at radius 3 is 0.634 bits per heavy atom. The molecule has 93 heavy (non-hydrogen) atoms. The van der Waals surface area contributed by atoms with Gasteiger partial charge in [0.1, 0.15) is 19.3 Å². The Balaban J connectivity index is 5.18. The third-order valence-electron chi connectivity index (χ3n) is 17.4. The molecular formula is C74H144O17P2. The quantitative estimate of drug-likeness (QED) is 0.0222. The number of esters is 4. The number of unbranched alkanes of at least 4 members (excludes halogenated alkanes) is 49. The zero-order chi connectivity index (χ0) is 68.2. The van der Waals surface area contributed by atoms with E-state index >= 15 is 0 Å². The van der Waals surface area contributed by atoms with Crippen LogP contribution in [0, 0.1) is 0 Å². The first-order valence-electron chi connectivity index (χ1n) is 38.8. The van der Waals surface area contributed by atoms with Gasteiger partial charge < -0.3 is 33.8 Å². The molecule has 17 nitrogen and oxygen atoms in total. The van der Waals surface area contributed by atoms with Crippen molar-refractivity contribution in [3.63, 3.8) is 0 Å². The maximum atomic E-state index is 13.1. The van der Waals surface area contributed by atoms with Crippen molar-refractivity contribution in [1.82, 2.24) is 0 Å². The van der Waals surface area contributed by atoms with Gasteiger partial charge in [-0.15, -0.1) is 0 Å². The number of carbonyl (C=O) groups is 4. The Morgan fingerprint density at radius 1 is 0.258 bits per heavy atom. The Labute approximate surface area is 568 Å². The van der Waals surface area contributed by atoms with Crippen LogP contribution in [-0.4, -0.2) is 96.7 Å². The minimum absolute atomic E-state index is 0.106. The van der Waals surface area contributed by atoms with Crippen molar-refractivity contribution in [3.8, 4) is 0 Å². The van der Waals surface area contributed by atoms with Gasteiger partial charge in [0.05, 0.1) is 26.4 Å². The van der Waals surface area contributed by atoms with Crippen LogP contribution in [0.1, 0.15) is 394 Å². The lowest BCUT2D eigenvalue weighted by atomic mass is 10.0. The molecule has 0 aromatic heterocycles. The van der Waals surface area contributed by atoms with Crippen molar-refractivity contribution in [2.75, 3.05) is 39.6 Å². The minimum Gasteiger partial charge on any atom is -0.462 e. The summed E-state index contributed by atoms with van der Waals surface area (Å²) in [6, 6.07) is 0. The highest BCUT2D eigenvalue weighted by atomic mass is 31.2. The van der Waals surface area contributed by atoms with Crippen molar-refractivity contribution in [3.05, 3.63) is 0 Å². The summed E-state index contributed by atoms with van der Waals surface area (Å²) in [7, 11) is -9.90. The van der Waals surface area contributed by atoms with E-state index in [0.29, 0.717) is 25.7 Å². The molecule has 5 atom stereocenters. The van der Waals surface area contributed by atoms with Gasteiger partial charge in [0.2, 0.25) is 0 Å². The smallest absolute Gasteiger partial charge is 0.462 e. The van der Waals surface area contributed by atoms with Gasteiger partial charge in [0.15, 0.2) is 12.2 Å². The van der Waals surface area contributed by atoms with Crippen LogP contribution in [0.3, 0.4) is 0 Å². The molecule has 0 aromatic carbocycles. The Kier molecular flexibility index (Phi) is 67.1. The average Bonchev–Trinajstić information content (AvgIpc) is 2.60. The fourth-order valence-corrected chi connectivity index (χ4v) is 13.0. The largest absolute Gasteiger partial charge is 0.472 e. The number of hydrogen-bond donors (Lipinski definition) is 3. The lowest BCUT2D eigenvalue weighted by Gasteiger charge is -2.21. The van der Waals surface area contributed by atoms with Crippen LogP contribution in [-0.2, 0) is 65.4 Å². The molecule has 0 aliphatic carbocycles. The molecule has 0 amide bonds. The summed E-state index contributed by atoms with van der Waals surface area (Å²) in [6.45, 7) is 4.94. The molecule has 0 heterocycles. The predicted octanol–water partition coefficient (Wildman–Crippen LogP) is 21.8. The summed E-state index contributed by atoms with van der Waals surface area (Å²) in [5.41, 5.74) is 0. The molecule has 0 aliphatic heterocycles. The standard InChI is InChI=1S/C74H144O17P2/c1-5-9-13-17-21-25-27-29-31-33-34-35-37-39-41-45-49-53-57-61-74(79)91-70(65-85-72(77)59-55-51-47-44-40-38-36-32-30-28-26-22-18-14-10-6-2)67-89-93(82,83)87-63-68(75)62-86-92(80,81)88-66-69(90-73(78)60-56-52-48-43-24-20-16-12-8-4)64-84-71(76)58-54-50-46-42-23-19-15-11-7-3/h68-70,75H,5-67H2,1-4H3,(H,80,81)(H,82,83)/t68-,69+,70+/m0/s1. The lowest BCUT2D eigenvalue weighted by Crippen LogP contribution is -2.30. The molecule has 0 aromatic rings. The molecule has 0 fully saturated rings. The zero-order valence-corrected chi connectivity index (χ0v) is 62.0. The molecule has 0 radical (unpaired) electrons. The van der Waals surface area contributed by atoms with Gasteiger partial charge in [-0.2, -0.15) is 0 Å². The highest BCUT2D eigenvalue weighted by Crippen LogP contribution is 2.45. The number of rotatable bonds is 75. The number of carbonyl (C=O) groups excluding carboxylic acids is 4. The fraction of sp³-hybridized carbons (Fsp3) is 0.946. The minimum atomic E-state index is -4.95. The highest BCUT2D eigenvalue weighted by Gasteiger charge is 2.30. The van der Waals surface area contributed by atoms with E-state index in [0.717, 1.165) is 89.9 Å². The molecule has 0 bridgehead atoms. The van der Waals surface area contributed by atoms with Crippen LogP contribution < -0.4 is 0 Å². The number of aliphatic hydroxyl groups is 1. The predicted molar refractivity (Wildman–Crippen MR) is 377 cm³/mol. The van der Waals surface area contributed by atoms with Gasteiger partial charge >= 0.3 is 39.5 Å². The molecule has 3 N–H and O–H groups in total. The van der Waals surface area contributed by atoms with Gasteiger partial charge in [-0.05, 0) is 25.7 Å². The summed E-state index contributed by atoms with van der Waals surface area (Å²) in [5, 5.41) is 10.6. The van der Waals surface area contributed by atoms with Crippen LogP contribution in [0.4, 0.5) is 0 Å².